The van der Waals surface area contributed by atoms with Crippen LogP contribution in [-0.2, 0) is 9.63 Å². The van der Waals surface area contributed by atoms with Crippen LogP contribution in [0.2, 0.25) is 0 Å². The van der Waals surface area contributed by atoms with Crippen molar-refractivity contribution in [1.82, 2.24) is 0 Å². The molecule has 15 heavy (non-hydrogen) atoms. The predicted molar refractivity (Wildman–Crippen MR) is 54.2 cm³/mol. The summed E-state index contributed by atoms with van der Waals surface area (Å²) in [6.45, 7) is -0.444. The van der Waals surface area contributed by atoms with Gasteiger partial charge in [0.2, 0.25) is 6.61 Å². The van der Waals surface area contributed by atoms with Gasteiger partial charge >= 0.3 is 5.97 Å². The molecule has 0 unspecified atom stereocenters. The van der Waals surface area contributed by atoms with Crippen molar-refractivity contribution >= 4 is 12.2 Å². The van der Waals surface area contributed by atoms with E-state index >= 15 is 0 Å². The van der Waals surface area contributed by atoms with Crippen molar-refractivity contribution in [3.8, 4) is 5.75 Å². The number of benzene rings is 1. The number of oxime groups is 1. The van der Waals surface area contributed by atoms with Gasteiger partial charge in [-0.3, -0.25) is 0 Å². The van der Waals surface area contributed by atoms with Gasteiger partial charge in [-0.2, -0.15) is 0 Å². The maximum atomic E-state index is 10.1. The highest BCUT2D eigenvalue weighted by atomic mass is 16.6. The van der Waals surface area contributed by atoms with Crippen molar-refractivity contribution in [2.24, 2.45) is 5.16 Å². The number of methoxy groups -OCH3 is 1. The lowest BCUT2D eigenvalue weighted by Crippen LogP contribution is -2.03. The Morgan fingerprint density at radius 3 is 3.07 bits per heavy atom. The summed E-state index contributed by atoms with van der Waals surface area (Å²) in [6.07, 6.45) is 1.42. The van der Waals surface area contributed by atoms with Gasteiger partial charge in [-0.25, -0.2) is 4.79 Å². The number of carbonyl (C=O) groups is 1. The first kappa shape index (κ1) is 11.0. The first-order valence-electron chi connectivity index (χ1n) is 4.23. The number of hydrogen-bond donors (Lipinski definition) is 1. The van der Waals surface area contributed by atoms with E-state index in [0.29, 0.717) is 5.75 Å². The normalized spacial score (nSPS) is 10.2. The highest BCUT2D eigenvalue weighted by Crippen LogP contribution is 2.10. The summed E-state index contributed by atoms with van der Waals surface area (Å²) in [4.78, 5) is 14.6. The van der Waals surface area contributed by atoms with E-state index in [0.717, 1.165) is 5.56 Å². The number of ether oxygens (including phenoxy) is 1. The minimum atomic E-state index is -1.06. The molecule has 0 spiro atoms. The largest absolute Gasteiger partial charge is 0.497 e. The molecule has 1 N–H and O–H groups in total. The topological polar surface area (TPSA) is 68.1 Å². The predicted octanol–water partition coefficient (Wildman–Crippen LogP) is 1.13. The number of aliphatic carboxylic acids is 1. The Hall–Kier alpha value is -2.04. The van der Waals surface area contributed by atoms with Gasteiger partial charge < -0.3 is 14.7 Å². The van der Waals surface area contributed by atoms with Crippen LogP contribution < -0.4 is 4.74 Å². The van der Waals surface area contributed by atoms with Gasteiger partial charge in [0.05, 0.1) is 13.3 Å². The van der Waals surface area contributed by atoms with E-state index in [-0.39, 0.29) is 0 Å². The van der Waals surface area contributed by atoms with Crippen molar-refractivity contribution in [2.45, 2.75) is 0 Å². The minimum Gasteiger partial charge on any atom is -0.497 e. The molecule has 1 aromatic rings. The molecule has 0 bridgehead atoms. The molecule has 0 aliphatic carbocycles. The van der Waals surface area contributed by atoms with Crippen molar-refractivity contribution in [2.75, 3.05) is 13.7 Å². The lowest BCUT2D eigenvalue weighted by atomic mass is 10.2. The second-order valence-electron chi connectivity index (χ2n) is 2.68. The molecular formula is C10H11NO4. The summed E-state index contributed by atoms with van der Waals surface area (Å²) in [7, 11) is 1.57. The highest BCUT2D eigenvalue weighted by molar-refractivity contribution is 5.79. The van der Waals surface area contributed by atoms with Crippen LogP contribution >= 0.6 is 0 Å². The second-order valence-corrected chi connectivity index (χ2v) is 2.68. The van der Waals surface area contributed by atoms with E-state index in [9.17, 15) is 4.79 Å². The number of hydrogen-bond acceptors (Lipinski definition) is 4. The van der Waals surface area contributed by atoms with Crippen LogP contribution in [0.25, 0.3) is 0 Å². The van der Waals surface area contributed by atoms with Gasteiger partial charge in [-0.15, -0.1) is 0 Å². The fraction of sp³-hybridized carbons (Fsp3) is 0.200. The summed E-state index contributed by atoms with van der Waals surface area (Å²) in [5.74, 6) is -0.352. The SMILES string of the molecule is COc1cccc(/C=N/OCC(=O)O)c1. The highest BCUT2D eigenvalue weighted by Gasteiger charge is 1.94. The Bertz CT molecular complexity index is 362. The van der Waals surface area contributed by atoms with Gasteiger partial charge in [0.25, 0.3) is 0 Å². The third-order valence-electron chi connectivity index (χ3n) is 1.56. The van der Waals surface area contributed by atoms with Crippen LogP contribution in [0, 0.1) is 0 Å². The van der Waals surface area contributed by atoms with E-state index < -0.39 is 12.6 Å². The fourth-order valence-electron chi connectivity index (χ4n) is 0.912. The molecule has 5 nitrogen and oxygen atoms in total. The van der Waals surface area contributed by atoms with Gasteiger partial charge in [0.15, 0.2) is 0 Å². The maximum Gasteiger partial charge on any atom is 0.344 e. The number of carboxylic acid groups (broad SMARTS) is 1. The van der Waals surface area contributed by atoms with Crippen molar-refractivity contribution < 1.29 is 19.5 Å². The summed E-state index contributed by atoms with van der Waals surface area (Å²) in [5, 5.41) is 11.8. The number of rotatable bonds is 5. The zero-order valence-corrected chi connectivity index (χ0v) is 8.21. The van der Waals surface area contributed by atoms with Crippen LogP contribution in [-0.4, -0.2) is 31.0 Å². The third kappa shape index (κ3) is 4.12. The number of nitrogens with zero attached hydrogens (tertiary/aromatic N) is 1. The molecule has 0 aliphatic heterocycles. The smallest absolute Gasteiger partial charge is 0.344 e. The Labute approximate surface area is 86.9 Å². The first-order chi connectivity index (χ1) is 7.22. The zero-order chi connectivity index (χ0) is 11.1. The Kier molecular flexibility index (Phi) is 4.15. The molecule has 0 radical (unpaired) electrons. The van der Waals surface area contributed by atoms with Crippen molar-refractivity contribution in [3.05, 3.63) is 29.8 Å². The van der Waals surface area contributed by atoms with E-state index in [2.05, 4.69) is 9.99 Å². The Morgan fingerprint density at radius 1 is 1.60 bits per heavy atom. The molecule has 0 fully saturated rings. The molecule has 0 amide bonds. The van der Waals surface area contributed by atoms with E-state index in [1.807, 2.05) is 0 Å². The molecule has 0 atom stereocenters. The lowest BCUT2D eigenvalue weighted by molar-refractivity contribution is -0.142. The molecule has 1 rings (SSSR count). The molecule has 0 saturated carbocycles. The Morgan fingerprint density at radius 2 is 2.40 bits per heavy atom. The van der Waals surface area contributed by atoms with Gasteiger partial charge in [-0.1, -0.05) is 17.3 Å². The van der Waals surface area contributed by atoms with Crippen LogP contribution in [0.4, 0.5) is 0 Å². The molecular weight excluding hydrogens is 198 g/mol. The summed E-state index contributed by atoms with van der Waals surface area (Å²) >= 11 is 0. The first-order valence-corrected chi connectivity index (χ1v) is 4.23. The van der Waals surface area contributed by atoms with Crippen molar-refractivity contribution in [3.63, 3.8) is 0 Å². The van der Waals surface area contributed by atoms with E-state index in [4.69, 9.17) is 9.84 Å². The molecule has 0 aliphatic rings. The minimum absolute atomic E-state index is 0.444. The quantitative estimate of drug-likeness (QED) is 0.583. The second kappa shape index (κ2) is 5.64. The van der Waals surface area contributed by atoms with Crippen LogP contribution in [0.15, 0.2) is 29.4 Å². The van der Waals surface area contributed by atoms with E-state index in [1.165, 1.54) is 6.21 Å². The summed E-state index contributed by atoms with van der Waals surface area (Å²) in [6, 6.07) is 7.16. The standard InChI is InChI=1S/C10H11NO4/c1-14-9-4-2-3-8(5-9)6-11-15-7-10(12)13/h2-6H,7H2,1H3,(H,12,13)/b11-6+. The van der Waals surface area contributed by atoms with E-state index in [1.54, 1.807) is 31.4 Å². The fourth-order valence-corrected chi connectivity index (χ4v) is 0.912. The van der Waals surface area contributed by atoms with Crippen LogP contribution in [0.3, 0.4) is 0 Å². The van der Waals surface area contributed by atoms with Gasteiger partial charge in [0, 0.05) is 0 Å². The summed E-state index contributed by atoms with van der Waals surface area (Å²) < 4.78 is 5.00. The zero-order valence-electron chi connectivity index (χ0n) is 8.21. The molecule has 0 aromatic heterocycles. The van der Waals surface area contributed by atoms with Gasteiger partial charge in [0.1, 0.15) is 5.75 Å². The average molecular weight is 209 g/mol. The van der Waals surface area contributed by atoms with Gasteiger partial charge in [-0.05, 0) is 17.7 Å². The molecule has 0 heterocycles. The lowest BCUT2D eigenvalue weighted by Gasteiger charge is -1.99. The molecule has 0 saturated heterocycles. The number of carboxylic acids is 1. The maximum absolute atomic E-state index is 10.1. The average Bonchev–Trinajstić information content (AvgIpc) is 2.24. The molecule has 1 aromatic carbocycles. The monoisotopic (exact) mass is 209 g/mol. The Balaban J connectivity index is 2.52. The molecule has 80 valence electrons. The molecule has 5 heteroatoms. The van der Waals surface area contributed by atoms with Crippen molar-refractivity contribution in [1.29, 1.82) is 0 Å². The van der Waals surface area contributed by atoms with Crippen LogP contribution in [0.1, 0.15) is 5.56 Å². The third-order valence-corrected chi connectivity index (χ3v) is 1.56. The summed E-state index contributed by atoms with van der Waals surface area (Å²) in [5.41, 5.74) is 0.778. The van der Waals surface area contributed by atoms with Crippen LogP contribution in [0.5, 0.6) is 5.75 Å².